The molecule has 1 aromatic rings. The van der Waals surface area contributed by atoms with Crippen LogP contribution in [0.1, 0.15) is 26.3 Å². The largest absolute Gasteiger partial charge is 0.485 e. The minimum absolute atomic E-state index is 0.0596. The Kier molecular flexibility index (Phi) is 4.50. The number of carbonyl (C=O) groups excluding carboxylic acids is 1. The van der Waals surface area contributed by atoms with Gasteiger partial charge >= 0.3 is 6.09 Å². The monoisotopic (exact) mass is 293 g/mol. The summed E-state index contributed by atoms with van der Waals surface area (Å²) in [6, 6.07) is 7.60. The van der Waals surface area contributed by atoms with E-state index in [-0.39, 0.29) is 12.6 Å². The lowest BCUT2D eigenvalue weighted by Crippen LogP contribution is -2.35. The van der Waals surface area contributed by atoms with E-state index < -0.39 is 11.7 Å². The third-order valence-electron chi connectivity index (χ3n) is 3.04. The van der Waals surface area contributed by atoms with E-state index in [1.807, 2.05) is 24.3 Å². The van der Waals surface area contributed by atoms with Crippen molar-refractivity contribution < 1.29 is 18.7 Å². The molecule has 1 aliphatic heterocycles. The minimum atomic E-state index is -0.580. The SMILES string of the molecule is CC(C)(C)OC(=O)NC/C(=C/F)C1Cc2ccccc2O1. The second-order valence-corrected chi connectivity index (χ2v) is 5.96. The molecular weight excluding hydrogens is 273 g/mol. The molecule has 0 aromatic heterocycles. The van der Waals surface area contributed by atoms with Crippen LogP contribution in [0, 0.1) is 0 Å². The van der Waals surface area contributed by atoms with Crippen LogP contribution in [0.15, 0.2) is 36.2 Å². The number of carbonyl (C=O) groups is 1. The van der Waals surface area contributed by atoms with Crippen molar-refractivity contribution in [3.63, 3.8) is 0 Å². The zero-order chi connectivity index (χ0) is 15.5. The molecule has 1 heterocycles. The Hall–Kier alpha value is -2.04. The van der Waals surface area contributed by atoms with Gasteiger partial charge in [0.1, 0.15) is 17.5 Å². The van der Waals surface area contributed by atoms with Gasteiger partial charge in [0.25, 0.3) is 0 Å². The van der Waals surface area contributed by atoms with Gasteiger partial charge in [0, 0.05) is 18.5 Å². The van der Waals surface area contributed by atoms with Crippen molar-refractivity contribution in [2.75, 3.05) is 6.54 Å². The summed E-state index contributed by atoms with van der Waals surface area (Å²) in [5, 5.41) is 2.54. The first kappa shape index (κ1) is 15.4. The van der Waals surface area contributed by atoms with Gasteiger partial charge in [-0.25, -0.2) is 9.18 Å². The molecule has 1 N–H and O–H groups in total. The van der Waals surface area contributed by atoms with Crippen LogP contribution in [0.5, 0.6) is 5.75 Å². The number of fused-ring (bicyclic) bond motifs is 1. The van der Waals surface area contributed by atoms with Gasteiger partial charge in [0.2, 0.25) is 0 Å². The lowest BCUT2D eigenvalue weighted by atomic mass is 10.0. The van der Waals surface area contributed by atoms with Gasteiger partial charge in [0.05, 0.1) is 6.33 Å². The van der Waals surface area contributed by atoms with E-state index in [1.54, 1.807) is 20.8 Å². The number of benzene rings is 1. The van der Waals surface area contributed by atoms with Crippen molar-refractivity contribution in [1.29, 1.82) is 0 Å². The molecule has 1 amide bonds. The molecule has 21 heavy (non-hydrogen) atoms. The maximum atomic E-state index is 13.1. The molecule has 0 aliphatic carbocycles. The maximum absolute atomic E-state index is 13.1. The second-order valence-electron chi connectivity index (χ2n) is 5.96. The Morgan fingerprint density at radius 2 is 2.19 bits per heavy atom. The number of amides is 1. The number of hydrogen-bond acceptors (Lipinski definition) is 3. The Bertz CT molecular complexity index is 524. The van der Waals surface area contributed by atoms with Gasteiger partial charge in [0.15, 0.2) is 0 Å². The highest BCUT2D eigenvalue weighted by atomic mass is 19.1. The van der Waals surface area contributed by atoms with Crippen LogP contribution < -0.4 is 10.1 Å². The zero-order valence-electron chi connectivity index (χ0n) is 12.5. The molecule has 0 saturated heterocycles. The Balaban J connectivity index is 1.90. The number of rotatable bonds is 3. The predicted octanol–water partition coefficient (Wildman–Crippen LogP) is 3.37. The molecule has 2 rings (SSSR count). The highest BCUT2D eigenvalue weighted by Crippen LogP contribution is 2.31. The van der Waals surface area contributed by atoms with Crippen LogP contribution in [0.3, 0.4) is 0 Å². The van der Waals surface area contributed by atoms with Crippen LogP contribution >= 0.6 is 0 Å². The molecule has 4 nitrogen and oxygen atoms in total. The molecule has 0 bridgehead atoms. The third-order valence-corrected chi connectivity index (χ3v) is 3.04. The fourth-order valence-corrected chi connectivity index (χ4v) is 2.10. The molecule has 114 valence electrons. The van der Waals surface area contributed by atoms with Crippen LogP contribution in [-0.4, -0.2) is 24.3 Å². The van der Waals surface area contributed by atoms with Gasteiger partial charge in [-0.3, -0.25) is 0 Å². The van der Waals surface area contributed by atoms with E-state index in [0.717, 1.165) is 11.3 Å². The lowest BCUT2D eigenvalue weighted by Gasteiger charge is -2.20. The molecule has 0 radical (unpaired) electrons. The van der Waals surface area contributed by atoms with Crippen molar-refractivity contribution >= 4 is 6.09 Å². The molecule has 1 aliphatic rings. The van der Waals surface area contributed by atoms with Crippen molar-refractivity contribution in [3.8, 4) is 5.75 Å². The topological polar surface area (TPSA) is 47.6 Å². The highest BCUT2D eigenvalue weighted by Gasteiger charge is 2.26. The molecular formula is C16H20FNO3. The Labute approximate surface area is 123 Å². The Morgan fingerprint density at radius 3 is 2.81 bits per heavy atom. The van der Waals surface area contributed by atoms with Crippen LogP contribution in [-0.2, 0) is 11.2 Å². The average Bonchev–Trinajstić information content (AvgIpc) is 2.80. The van der Waals surface area contributed by atoms with Gasteiger partial charge < -0.3 is 14.8 Å². The standard InChI is InChI=1S/C16H20FNO3/c1-16(2,3)21-15(19)18-10-12(9-17)14-8-11-6-4-5-7-13(11)20-14/h4-7,9,14H,8,10H2,1-3H3,(H,18,19)/b12-9-. The molecule has 1 aromatic carbocycles. The van der Waals surface area contributed by atoms with Crippen LogP contribution in [0.25, 0.3) is 0 Å². The number of halogens is 1. The van der Waals surface area contributed by atoms with Gasteiger partial charge in [-0.1, -0.05) is 18.2 Å². The summed E-state index contributed by atoms with van der Waals surface area (Å²) in [5.41, 5.74) is 0.847. The fraction of sp³-hybridized carbons (Fsp3) is 0.438. The molecule has 0 saturated carbocycles. The van der Waals surface area contributed by atoms with Gasteiger partial charge in [-0.2, -0.15) is 0 Å². The first-order valence-electron chi connectivity index (χ1n) is 6.89. The van der Waals surface area contributed by atoms with Crippen LogP contribution in [0.2, 0.25) is 0 Å². The summed E-state index contributed by atoms with van der Waals surface area (Å²) >= 11 is 0. The number of alkyl carbamates (subject to hydrolysis) is 1. The van der Waals surface area contributed by atoms with Crippen molar-refractivity contribution in [3.05, 3.63) is 41.7 Å². The number of ether oxygens (including phenoxy) is 2. The Morgan fingerprint density at radius 1 is 1.48 bits per heavy atom. The number of nitrogens with one attached hydrogen (secondary N) is 1. The molecule has 5 heteroatoms. The summed E-state index contributed by atoms with van der Waals surface area (Å²) in [6.07, 6.45) is 0.134. The quantitative estimate of drug-likeness (QED) is 0.929. The lowest BCUT2D eigenvalue weighted by molar-refractivity contribution is 0.0530. The molecule has 1 atom stereocenters. The first-order chi connectivity index (χ1) is 9.89. The summed E-state index contributed by atoms with van der Waals surface area (Å²) in [6.45, 7) is 5.38. The average molecular weight is 293 g/mol. The zero-order valence-corrected chi connectivity index (χ0v) is 12.5. The number of hydrogen-bond donors (Lipinski definition) is 1. The molecule has 0 spiro atoms. The van der Waals surface area contributed by atoms with E-state index in [4.69, 9.17) is 9.47 Å². The van der Waals surface area contributed by atoms with Gasteiger partial charge in [-0.15, -0.1) is 0 Å². The first-order valence-corrected chi connectivity index (χ1v) is 6.89. The summed E-state index contributed by atoms with van der Waals surface area (Å²) in [7, 11) is 0. The van der Waals surface area contributed by atoms with E-state index in [0.29, 0.717) is 18.3 Å². The third kappa shape index (κ3) is 4.21. The van der Waals surface area contributed by atoms with Crippen molar-refractivity contribution in [2.24, 2.45) is 0 Å². The minimum Gasteiger partial charge on any atom is -0.485 e. The fourth-order valence-electron chi connectivity index (χ4n) is 2.10. The van der Waals surface area contributed by atoms with Crippen LogP contribution in [0.4, 0.5) is 9.18 Å². The number of para-hydroxylation sites is 1. The normalized spacial score (nSPS) is 17.9. The summed E-state index contributed by atoms with van der Waals surface area (Å²) in [5.74, 6) is 0.763. The summed E-state index contributed by atoms with van der Waals surface area (Å²) in [4.78, 5) is 11.6. The predicted molar refractivity (Wildman–Crippen MR) is 78.0 cm³/mol. The van der Waals surface area contributed by atoms with Gasteiger partial charge in [-0.05, 0) is 32.4 Å². The van der Waals surface area contributed by atoms with Crippen molar-refractivity contribution in [1.82, 2.24) is 5.32 Å². The second kappa shape index (κ2) is 6.16. The summed E-state index contributed by atoms with van der Waals surface area (Å²) < 4.78 is 23.9. The molecule has 0 fully saturated rings. The maximum Gasteiger partial charge on any atom is 0.407 e. The van der Waals surface area contributed by atoms with Crippen molar-refractivity contribution in [2.45, 2.75) is 38.9 Å². The smallest absolute Gasteiger partial charge is 0.407 e. The van der Waals surface area contributed by atoms with E-state index in [1.165, 1.54) is 0 Å². The highest BCUT2D eigenvalue weighted by molar-refractivity contribution is 5.68. The van der Waals surface area contributed by atoms with E-state index in [2.05, 4.69) is 5.32 Å². The van der Waals surface area contributed by atoms with E-state index in [9.17, 15) is 9.18 Å². The molecule has 1 unspecified atom stereocenters. The van der Waals surface area contributed by atoms with E-state index >= 15 is 0 Å².